The number of likely N-dealkylation sites (tertiary alicyclic amines) is 1. The van der Waals surface area contributed by atoms with E-state index in [0.717, 1.165) is 23.3 Å². The molecule has 5 aliphatic rings. The summed E-state index contributed by atoms with van der Waals surface area (Å²) in [6.45, 7) is 2.80. The van der Waals surface area contributed by atoms with E-state index in [0.29, 0.717) is 31.7 Å². The largest absolute Gasteiger partial charge is 0.493 e. The van der Waals surface area contributed by atoms with Crippen molar-refractivity contribution in [2.45, 2.75) is 57.9 Å². The molecule has 0 radical (unpaired) electrons. The lowest BCUT2D eigenvalue weighted by Crippen LogP contribution is -2.40. The number of halogens is 1. The molecule has 1 aromatic rings. The van der Waals surface area contributed by atoms with E-state index in [-0.39, 0.29) is 11.0 Å². The average Bonchev–Trinajstić information content (AvgIpc) is 3.32. The van der Waals surface area contributed by atoms with Gasteiger partial charge in [-0.3, -0.25) is 4.79 Å². The Morgan fingerprint density at radius 1 is 1.24 bits per heavy atom. The quantitative estimate of drug-likeness (QED) is 0.809. The highest BCUT2D eigenvalue weighted by atomic mass is 19.1. The molecule has 29 heavy (non-hydrogen) atoms. The van der Waals surface area contributed by atoms with Crippen molar-refractivity contribution < 1.29 is 23.8 Å². The Morgan fingerprint density at radius 3 is 2.66 bits per heavy atom. The normalized spacial score (nSPS) is 34.8. The number of nitrogens with zero attached hydrogens (tertiary/aromatic N) is 1. The number of carboxylic acid groups (broad SMARTS) is 1. The highest BCUT2D eigenvalue weighted by molar-refractivity contribution is 5.97. The molecule has 1 N–H and O–H groups in total. The minimum Gasteiger partial charge on any atom is -0.493 e. The molecular formula is C23H28FNO4. The van der Waals surface area contributed by atoms with Crippen LogP contribution in [0.15, 0.2) is 12.1 Å². The van der Waals surface area contributed by atoms with Crippen LogP contribution in [0, 0.1) is 35.9 Å². The van der Waals surface area contributed by atoms with E-state index in [1.807, 2.05) is 6.92 Å². The van der Waals surface area contributed by atoms with Gasteiger partial charge in [-0.15, -0.1) is 0 Å². The summed E-state index contributed by atoms with van der Waals surface area (Å²) < 4.78 is 21.0. The van der Waals surface area contributed by atoms with Crippen molar-refractivity contribution in [2.75, 3.05) is 13.2 Å². The van der Waals surface area contributed by atoms with Gasteiger partial charge in [0, 0.05) is 18.0 Å². The zero-order chi connectivity index (χ0) is 20.3. The zero-order valence-corrected chi connectivity index (χ0v) is 16.8. The molecule has 1 aromatic carbocycles. The molecule has 0 spiro atoms. The molecule has 3 atom stereocenters. The third kappa shape index (κ3) is 3.03. The maximum absolute atomic E-state index is 14.8. The molecule has 0 aromatic heterocycles. The van der Waals surface area contributed by atoms with Crippen LogP contribution in [-0.4, -0.2) is 41.1 Å². The van der Waals surface area contributed by atoms with Crippen LogP contribution in [0.1, 0.15) is 60.9 Å². The number of carbonyl (C=O) groups is 2. The lowest BCUT2D eigenvalue weighted by atomic mass is 9.76. The van der Waals surface area contributed by atoms with E-state index in [4.69, 9.17) is 4.74 Å². The van der Waals surface area contributed by atoms with Gasteiger partial charge < -0.3 is 14.7 Å². The number of aliphatic carboxylic acids is 1. The number of carboxylic acids is 1. The summed E-state index contributed by atoms with van der Waals surface area (Å²) in [5.74, 6) is 0.714. The van der Waals surface area contributed by atoms with Gasteiger partial charge in [0.1, 0.15) is 17.6 Å². The number of benzene rings is 1. The number of aryl methyl sites for hydroxylation is 1. The van der Waals surface area contributed by atoms with Gasteiger partial charge in [0.2, 0.25) is 0 Å². The summed E-state index contributed by atoms with van der Waals surface area (Å²) in [4.78, 5) is 25.4. The number of hydrogen-bond acceptors (Lipinski definition) is 3. The standard InChI is InChI=1S/C23H28FNO4/c1-13-5-17(21(26)25-4-2-3-19(25)22(27)28)18(24)9-20(13)29-12-23-10-14-6-15(11-23)8-16(23)7-14/h5,9,14-16,19H,2-4,6-8,10-12H2,1H3,(H,27,28)/t14?,15?,16?,19-,23?/m0/s1. The molecule has 1 aliphatic heterocycles. The van der Waals surface area contributed by atoms with E-state index >= 15 is 0 Å². The first kappa shape index (κ1) is 18.9. The van der Waals surface area contributed by atoms with Crippen molar-refractivity contribution in [1.82, 2.24) is 4.90 Å². The van der Waals surface area contributed by atoms with Gasteiger partial charge in [-0.2, -0.15) is 0 Å². The Hall–Kier alpha value is -2.11. The second-order valence-electron chi connectivity index (χ2n) is 9.79. The maximum atomic E-state index is 14.8. The van der Waals surface area contributed by atoms with Crippen molar-refractivity contribution in [3.63, 3.8) is 0 Å². The maximum Gasteiger partial charge on any atom is 0.326 e. The molecule has 1 amide bonds. The summed E-state index contributed by atoms with van der Waals surface area (Å²) >= 11 is 0. The van der Waals surface area contributed by atoms with Crippen LogP contribution in [-0.2, 0) is 4.79 Å². The van der Waals surface area contributed by atoms with Crippen LogP contribution in [0.3, 0.4) is 0 Å². The van der Waals surface area contributed by atoms with E-state index in [1.54, 1.807) is 0 Å². The van der Waals surface area contributed by atoms with Gasteiger partial charge >= 0.3 is 5.97 Å². The average molecular weight is 401 g/mol. The van der Waals surface area contributed by atoms with Crippen molar-refractivity contribution in [3.05, 3.63) is 29.1 Å². The molecule has 4 saturated carbocycles. The van der Waals surface area contributed by atoms with Crippen LogP contribution in [0.25, 0.3) is 0 Å². The van der Waals surface area contributed by atoms with Crippen LogP contribution < -0.4 is 4.74 Å². The summed E-state index contributed by atoms with van der Waals surface area (Å²) in [5.41, 5.74) is 0.909. The third-order valence-corrected chi connectivity index (χ3v) is 7.97. The summed E-state index contributed by atoms with van der Waals surface area (Å²) in [6.07, 6.45) is 7.51. The minimum atomic E-state index is -1.03. The zero-order valence-electron chi connectivity index (χ0n) is 16.8. The summed E-state index contributed by atoms with van der Waals surface area (Å²) in [5, 5.41) is 9.31. The lowest BCUT2D eigenvalue weighted by Gasteiger charge is -2.32. The molecular weight excluding hydrogens is 373 g/mol. The molecule has 4 bridgehead atoms. The van der Waals surface area contributed by atoms with Crippen LogP contribution in [0.4, 0.5) is 4.39 Å². The van der Waals surface area contributed by atoms with Crippen molar-refractivity contribution in [2.24, 2.45) is 23.2 Å². The van der Waals surface area contributed by atoms with Crippen LogP contribution in [0.5, 0.6) is 5.75 Å². The third-order valence-electron chi connectivity index (χ3n) is 7.97. The van der Waals surface area contributed by atoms with E-state index in [1.165, 1.54) is 49.1 Å². The van der Waals surface area contributed by atoms with Gasteiger partial charge in [-0.25, -0.2) is 9.18 Å². The SMILES string of the molecule is Cc1cc(C(=O)N2CCC[C@H]2C(=O)O)c(F)cc1OCC12CC3CC(CC1C3)C2. The fraction of sp³-hybridized carbons (Fsp3) is 0.652. The molecule has 1 heterocycles. The van der Waals surface area contributed by atoms with Gasteiger partial charge in [0.25, 0.3) is 5.91 Å². The topological polar surface area (TPSA) is 66.8 Å². The Bertz CT molecular complexity index is 855. The van der Waals surface area contributed by atoms with Crippen LogP contribution >= 0.6 is 0 Å². The summed E-state index contributed by atoms with van der Waals surface area (Å²) in [7, 11) is 0. The van der Waals surface area contributed by atoms with E-state index in [9.17, 15) is 19.1 Å². The first-order valence-electron chi connectivity index (χ1n) is 10.8. The fourth-order valence-electron chi connectivity index (χ4n) is 6.83. The molecule has 5 nitrogen and oxygen atoms in total. The van der Waals surface area contributed by atoms with Crippen LogP contribution in [0.2, 0.25) is 0 Å². The number of rotatable bonds is 5. The van der Waals surface area contributed by atoms with Crippen molar-refractivity contribution in [3.8, 4) is 5.75 Å². The van der Waals surface area contributed by atoms with E-state index < -0.39 is 23.7 Å². The first-order valence-corrected chi connectivity index (χ1v) is 10.8. The molecule has 156 valence electrons. The second kappa shape index (κ2) is 6.71. The summed E-state index contributed by atoms with van der Waals surface area (Å²) in [6, 6.07) is 1.95. The second-order valence-corrected chi connectivity index (χ2v) is 9.79. The number of hydrogen-bond donors (Lipinski definition) is 1. The highest BCUT2D eigenvalue weighted by Crippen LogP contribution is 2.65. The number of carbonyl (C=O) groups excluding carboxylic acids is 1. The monoisotopic (exact) mass is 401 g/mol. The Kier molecular flexibility index (Phi) is 4.37. The smallest absolute Gasteiger partial charge is 0.326 e. The Balaban J connectivity index is 1.32. The van der Waals surface area contributed by atoms with Crippen molar-refractivity contribution in [1.29, 1.82) is 0 Å². The first-order chi connectivity index (χ1) is 13.9. The Morgan fingerprint density at radius 2 is 1.97 bits per heavy atom. The molecule has 4 aliphatic carbocycles. The predicted octanol–water partition coefficient (Wildman–Crippen LogP) is 4.03. The predicted molar refractivity (Wildman–Crippen MR) is 104 cm³/mol. The minimum absolute atomic E-state index is 0.0676. The van der Waals surface area contributed by atoms with Gasteiger partial charge in [-0.1, -0.05) is 0 Å². The van der Waals surface area contributed by atoms with Crippen molar-refractivity contribution >= 4 is 11.9 Å². The number of ether oxygens (including phenoxy) is 1. The fourth-order valence-corrected chi connectivity index (χ4v) is 6.83. The molecule has 6 rings (SSSR count). The van der Waals surface area contributed by atoms with Gasteiger partial charge in [-0.05, 0) is 81.3 Å². The Labute approximate surface area is 170 Å². The van der Waals surface area contributed by atoms with Gasteiger partial charge in [0.05, 0.1) is 12.2 Å². The molecule has 1 saturated heterocycles. The highest BCUT2D eigenvalue weighted by Gasteiger charge is 2.58. The lowest BCUT2D eigenvalue weighted by molar-refractivity contribution is -0.141. The van der Waals surface area contributed by atoms with E-state index in [2.05, 4.69) is 0 Å². The molecule has 6 heteroatoms. The molecule has 5 fully saturated rings. The van der Waals surface area contributed by atoms with Gasteiger partial charge in [0.15, 0.2) is 0 Å². The molecule has 2 unspecified atom stereocenters. The number of amides is 1.